The molecule has 5 nitrogen and oxygen atoms in total. The summed E-state index contributed by atoms with van der Waals surface area (Å²) in [5.74, 6) is 0.958. The molecule has 1 unspecified atom stereocenters. The van der Waals surface area contributed by atoms with Crippen molar-refractivity contribution in [1.29, 1.82) is 0 Å². The van der Waals surface area contributed by atoms with Crippen molar-refractivity contribution in [3.8, 4) is 10.6 Å². The summed E-state index contributed by atoms with van der Waals surface area (Å²) in [6.07, 6.45) is 0.517. The second kappa shape index (κ2) is 5.99. The lowest BCUT2D eigenvalue weighted by Crippen LogP contribution is -2.27. The van der Waals surface area contributed by atoms with E-state index in [-0.39, 0.29) is 18.2 Å². The Morgan fingerprint density at radius 2 is 2.19 bits per heavy atom. The standard InChI is InChI=1S/C15H13NO4S/c17-10(9-16-15(18)13-3-1-7-19-13)11-5-6-12(20-11)14-4-2-8-21-14/h1-8,10,17H,9H2,(H,16,18). The monoisotopic (exact) mass is 303 g/mol. The molecule has 21 heavy (non-hydrogen) atoms. The molecule has 108 valence electrons. The van der Waals surface area contributed by atoms with E-state index in [0.717, 1.165) is 4.88 Å². The van der Waals surface area contributed by atoms with Crippen molar-refractivity contribution in [2.24, 2.45) is 0 Å². The minimum atomic E-state index is -0.905. The highest BCUT2D eigenvalue weighted by Gasteiger charge is 2.16. The second-order valence-corrected chi connectivity index (χ2v) is 5.33. The Bertz CT molecular complexity index is 700. The number of aliphatic hydroxyl groups is 1. The molecule has 0 saturated carbocycles. The highest BCUT2D eigenvalue weighted by molar-refractivity contribution is 7.13. The molecule has 2 N–H and O–H groups in total. The fraction of sp³-hybridized carbons (Fsp3) is 0.133. The van der Waals surface area contributed by atoms with Crippen LogP contribution in [0.5, 0.6) is 0 Å². The molecule has 0 spiro atoms. The van der Waals surface area contributed by atoms with E-state index in [4.69, 9.17) is 8.83 Å². The molecule has 0 saturated heterocycles. The van der Waals surface area contributed by atoms with E-state index in [1.807, 2.05) is 17.5 Å². The lowest BCUT2D eigenvalue weighted by atomic mass is 10.2. The van der Waals surface area contributed by atoms with Crippen molar-refractivity contribution in [2.75, 3.05) is 6.54 Å². The summed E-state index contributed by atoms with van der Waals surface area (Å²) in [6.45, 7) is 0.0525. The predicted octanol–water partition coefficient (Wildman–Crippen LogP) is 3.06. The van der Waals surface area contributed by atoms with E-state index in [9.17, 15) is 9.90 Å². The zero-order chi connectivity index (χ0) is 14.7. The van der Waals surface area contributed by atoms with E-state index in [0.29, 0.717) is 11.5 Å². The maximum absolute atomic E-state index is 11.7. The van der Waals surface area contributed by atoms with Crippen molar-refractivity contribution in [3.05, 3.63) is 59.6 Å². The minimum Gasteiger partial charge on any atom is -0.459 e. The lowest BCUT2D eigenvalue weighted by molar-refractivity contribution is 0.0875. The first-order chi connectivity index (χ1) is 10.2. The van der Waals surface area contributed by atoms with Gasteiger partial charge in [-0.25, -0.2) is 0 Å². The summed E-state index contributed by atoms with van der Waals surface area (Å²) in [5, 5.41) is 14.6. The van der Waals surface area contributed by atoms with Gasteiger partial charge in [-0.05, 0) is 35.7 Å². The lowest BCUT2D eigenvalue weighted by Gasteiger charge is -2.08. The summed E-state index contributed by atoms with van der Waals surface area (Å²) in [7, 11) is 0. The van der Waals surface area contributed by atoms with Crippen molar-refractivity contribution in [3.63, 3.8) is 0 Å². The van der Waals surface area contributed by atoms with Crippen molar-refractivity contribution in [2.45, 2.75) is 6.10 Å². The summed E-state index contributed by atoms with van der Waals surface area (Å²) in [4.78, 5) is 12.7. The fourth-order valence-electron chi connectivity index (χ4n) is 1.87. The number of hydrogen-bond donors (Lipinski definition) is 2. The highest BCUT2D eigenvalue weighted by Crippen LogP contribution is 2.28. The van der Waals surface area contributed by atoms with Crippen LogP contribution in [0.3, 0.4) is 0 Å². The first-order valence-corrected chi connectivity index (χ1v) is 7.25. The Labute approximate surface area is 124 Å². The van der Waals surface area contributed by atoms with Gasteiger partial charge in [0, 0.05) is 0 Å². The SMILES string of the molecule is O=C(NCC(O)c1ccc(-c2cccs2)o1)c1ccco1. The maximum atomic E-state index is 11.7. The molecule has 0 aromatic carbocycles. The number of amides is 1. The smallest absolute Gasteiger partial charge is 0.287 e. The van der Waals surface area contributed by atoms with Gasteiger partial charge in [-0.1, -0.05) is 6.07 Å². The summed E-state index contributed by atoms with van der Waals surface area (Å²) in [5.41, 5.74) is 0. The first-order valence-electron chi connectivity index (χ1n) is 6.37. The molecule has 0 radical (unpaired) electrons. The summed E-state index contributed by atoms with van der Waals surface area (Å²) < 4.78 is 10.6. The topological polar surface area (TPSA) is 75.6 Å². The molecule has 1 amide bonds. The average molecular weight is 303 g/mol. The van der Waals surface area contributed by atoms with Gasteiger partial charge in [0.15, 0.2) is 5.76 Å². The number of nitrogens with one attached hydrogen (secondary N) is 1. The zero-order valence-corrected chi connectivity index (χ0v) is 11.8. The zero-order valence-electron chi connectivity index (χ0n) is 11.0. The molecule has 3 aromatic heterocycles. The van der Waals surface area contributed by atoms with E-state index >= 15 is 0 Å². The summed E-state index contributed by atoms with van der Waals surface area (Å²) in [6, 6.07) is 10.6. The van der Waals surface area contributed by atoms with Gasteiger partial charge in [0.25, 0.3) is 5.91 Å². The number of hydrogen-bond acceptors (Lipinski definition) is 5. The van der Waals surface area contributed by atoms with Gasteiger partial charge in [-0.2, -0.15) is 0 Å². The van der Waals surface area contributed by atoms with Gasteiger partial charge in [0.1, 0.15) is 17.6 Å². The van der Waals surface area contributed by atoms with E-state index in [2.05, 4.69) is 5.32 Å². The van der Waals surface area contributed by atoms with Crippen LogP contribution in [0.15, 0.2) is 56.9 Å². The van der Waals surface area contributed by atoms with E-state index in [1.165, 1.54) is 6.26 Å². The number of aliphatic hydroxyl groups excluding tert-OH is 1. The number of furan rings is 2. The van der Waals surface area contributed by atoms with E-state index in [1.54, 1.807) is 35.6 Å². The second-order valence-electron chi connectivity index (χ2n) is 4.38. The van der Waals surface area contributed by atoms with Crippen LogP contribution in [-0.4, -0.2) is 17.6 Å². The number of rotatable bonds is 5. The number of carbonyl (C=O) groups excluding carboxylic acids is 1. The fourth-order valence-corrected chi connectivity index (χ4v) is 2.55. The molecule has 0 aliphatic heterocycles. The van der Waals surface area contributed by atoms with Crippen molar-refractivity contribution in [1.82, 2.24) is 5.32 Å². The van der Waals surface area contributed by atoms with Crippen LogP contribution in [0.25, 0.3) is 10.6 Å². The third kappa shape index (κ3) is 3.07. The van der Waals surface area contributed by atoms with Gasteiger partial charge >= 0.3 is 0 Å². The number of carbonyl (C=O) groups is 1. The molecule has 3 aromatic rings. The minimum absolute atomic E-state index is 0.0525. The van der Waals surface area contributed by atoms with Crippen LogP contribution < -0.4 is 5.32 Å². The molecule has 3 heterocycles. The van der Waals surface area contributed by atoms with Crippen LogP contribution in [-0.2, 0) is 0 Å². The third-order valence-electron chi connectivity index (χ3n) is 2.92. The maximum Gasteiger partial charge on any atom is 0.287 e. The summed E-state index contributed by atoms with van der Waals surface area (Å²) >= 11 is 1.56. The molecule has 0 aliphatic carbocycles. The molecular weight excluding hydrogens is 290 g/mol. The molecule has 1 atom stereocenters. The normalized spacial score (nSPS) is 12.2. The molecule has 0 bridgehead atoms. The van der Waals surface area contributed by atoms with Crippen molar-refractivity contribution >= 4 is 17.2 Å². The Kier molecular flexibility index (Phi) is 3.89. The molecule has 0 aliphatic rings. The van der Waals surface area contributed by atoms with Crippen LogP contribution in [0.2, 0.25) is 0 Å². The van der Waals surface area contributed by atoms with Crippen LogP contribution in [0.4, 0.5) is 0 Å². The number of thiophene rings is 1. The largest absolute Gasteiger partial charge is 0.459 e. The third-order valence-corrected chi connectivity index (χ3v) is 3.80. The molecule has 0 fully saturated rings. The van der Waals surface area contributed by atoms with Gasteiger partial charge in [-0.15, -0.1) is 11.3 Å². The first kappa shape index (κ1) is 13.7. The Balaban J connectivity index is 1.61. The van der Waals surface area contributed by atoms with Gasteiger partial charge in [0.05, 0.1) is 17.7 Å². The van der Waals surface area contributed by atoms with Crippen LogP contribution >= 0.6 is 11.3 Å². The Hall–Kier alpha value is -2.31. The average Bonchev–Trinajstić information content (AvgIpc) is 3.25. The predicted molar refractivity (Wildman–Crippen MR) is 78.0 cm³/mol. The molecule has 6 heteroatoms. The van der Waals surface area contributed by atoms with E-state index < -0.39 is 6.10 Å². The molecular formula is C15H13NO4S. The highest BCUT2D eigenvalue weighted by atomic mass is 32.1. The Morgan fingerprint density at radius 1 is 1.29 bits per heavy atom. The van der Waals surface area contributed by atoms with Gasteiger partial charge in [-0.3, -0.25) is 4.79 Å². The quantitative estimate of drug-likeness (QED) is 0.759. The van der Waals surface area contributed by atoms with Crippen molar-refractivity contribution < 1.29 is 18.7 Å². The van der Waals surface area contributed by atoms with Gasteiger partial charge < -0.3 is 19.3 Å². The Morgan fingerprint density at radius 3 is 2.90 bits per heavy atom. The van der Waals surface area contributed by atoms with Crippen LogP contribution in [0.1, 0.15) is 22.4 Å². The molecule has 3 rings (SSSR count). The van der Waals surface area contributed by atoms with Gasteiger partial charge in [0.2, 0.25) is 0 Å². The van der Waals surface area contributed by atoms with Crippen LogP contribution in [0, 0.1) is 0 Å².